The average Bonchev–Trinajstić information content (AvgIpc) is 2.51. The van der Waals surface area contributed by atoms with Crippen molar-refractivity contribution in [3.8, 4) is 0 Å². The van der Waals surface area contributed by atoms with Gasteiger partial charge in [0.25, 0.3) is 0 Å². The first-order valence-electron chi connectivity index (χ1n) is 7.49. The van der Waals surface area contributed by atoms with Crippen LogP contribution in [0.3, 0.4) is 0 Å². The zero-order valence-corrected chi connectivity index (χ0v) is 12.7. The number of hydrogen-bond acceptors (Lipinski definition) is 2. The summed E-state index contributed by atoms with van der Waals surface area (Å²) >= 11 is 0. The van der Waals surface area contributed by atoms with E-state index in [1.54, 1.807) is 0 Å². The molecule has 1 aliphatic heterocycles. The van der Waals surface area contributed by atoms with Crippen LogP contribution in [-0.4, -0.2) is 20.3 Å². The monoisotopic (exact) mass is 280 g/mol. The van der Waals surface area contributed by atoms with Gasteiger partial charge in [-0.2, -0.15) is 0 Å². The molecule has 0 N–H and O–H groups in total. The molecule has 0 saturated carbocycles. The van der Waals surface area contributed by atoms with Crippen LogP contribution in [-0.2, 0) is 9.31 Å². The average molecular weight is 280 g/mol. The van der Waals surface area contributed by atoms with Gasteiger partial charge in [0, 0.05) is 24.4 Å². The first kappa shape index (κ1) is 14.4. The van der Waals surface area contributed by atoms with Gasteiger partial charge in [-0.25, -0.2) is 0 Å². The van der Waals surface area contributed by atoms with Gasteiger partial charge in [-0.15, -0.1) is 0 Å². The highest BCUT2D eigenvalue weighted by atomic mass is 16.6. The van der Waals surface area contributed by atoms with Crippen molar-refractivity contribution in [3.05, 3.63) is 71.8 Å². The molecule has 21 heavy (non-hydrogen) atoms. The maximum Gasteiger partial charge on any atom is 0.469 e. The Morgan fingerprint density at radius 3 is 1.67 bits per heavy atom. The van der Waals surface area contributed by atoms with Crippen LogP contribution in [0.15, 0.2) is 60.7 Å². The first-order valence-corrected chi connectivity index (χ1v) is 7.49. The van der Waals surface area contributed by atoms with Crippen molar-refractivity contribution in [2.24, 2.45) is 5.41 Å². The summed E-state index contributed by atoms with van der Waals surface area (Å²) in [5, 5.41) is 0. The van der Waals surface area contributed by atoms with E-state index in [1.807, 2.05) is 12.1 Å². The molecule has 0 atom stereocenters. The molecule has 0 spiro atoms. The second kappa shape index (κ2) is 6.04. The van der Waals surface area contributed by atoms with Crippen molar-refractivity contribution >= 4 is 7.12 Å². The molecule has 1 saturated heterocycles. The summed E-state index contributed by atoms with van der Waals surface area (Å²) in [4.78, 5) is 0. The number of rotatable bonds is 3. The smallest absolute Gasteiger partial charge is 0.410 e. The van der Waals surface area contributed by atoms with Gasteiger partial charge in [-0.3, -0.25) is 0 Å². The van der Waals surface area contributed by atoms with Crippen LogP contribution in [0.25, 0.3) is 0 Å². The Labute approximate surface area is 127 Å². The summed E-state index contributed by atoms with van der Waals surface area (Å²) in [7, 11) is -0.220. The van der Waals surface area contributed by atoms with Crippen molar-refractivity contribution in [1.29, 1.82) is 0 Å². The van der Waals surface area contributed by atoms with Crippen LogP contribution in [0.4, 0.5) is 0 Å². The maximum atomic E-state index is 6.04. The van der Waals surface area contributed by atoms with Gasteiger partial charge in [0.15, 0.2) is 0 Å². The minimum absolute atomic E-state index is 0.0917. The summed E-state index contributed by atoms with van der Waals surface area (Å²) in [5.74, 6) is 0.114. The van der Waals surface area contributed by atoms with Crippen LogP contribution in [0.5, 0.6) is 0 Å². The van der Waals surface area contributed by atoms with Crippen molar-refractivity contribution in [3.63, 3.8) is 0 Å². The molecule has 3 heteroatoms. The summed E-state index contributed by atoms with van der Waals surface area (Å²) in [6, 6.07) is 20.9. The Hall–Kier alpha value is -1.58. The van der Waals surface area contributed by atoms with E-state index < -0.39 is 0 Å². The minimum atomic E-state index is -0.220. The summed E-state index contributed by atoms with van der Waals surface area (Å²) in [6.07, 6.45) is 0. The van der Waals surface area contributed by atoms with Crippen LogP contribution >= 0.6 is 0 Å². The van der Waals surface area contributed by atoms with Gasteiger partial charge in [0.2, 0.25) is 0 Å². The Kier molecular flexibility index (Phi) is 4.13. The molecule has 0 radical (unpaired) electrons. The van der Waals surface area contributed by atoms with Gasteiger partial charge in [0.05, 0.1) is 0 Å². The summed E-state index contributed by atoms with van der Waals surface area (Å²) in [6.45, 7) is 5.80. The molecule has 108 valence electrons. The lowest BCUT2D eigenvalue weighted by Crippen LogP contribution is -2.44. The zero-order valence-electron chi connectivity index (χ0n) is 12.7. The minimum Gasteiger partial charge on any atom is -0.410 e. The Morgan fingerprint density at radius 2 is 1.24 bits per heavy atom. The third-order valence-corrected chi connectivity index (χ3v) is 3.87. The maximum absolute atomic E-state index is 6.04. The lowest BCUT2D eigenvalue weighted by molar-refractivity contribution is 0.0257. The van der Waals surface area contributed by atoms with E-state index in [2.05, 4.69) is 62.4 Å². The fourth-order valence-corrected chi connectivity index (χ4v) is 2.73. The van der Waals surface area contributed by atoms with Crippen LogP contribution < -0.4 is 0 Å². The highest BCUT2D eigenvalue weighted by molar-refractivity contribution is 6.47. The zero-order chi connectivity index (χ0) is 14.7. The molecule has 0 unspecified atom stereocenters. The largest absolute Gasteiger partial charge is 0.469 e. The standard InChI is InChI=1S/C18H21BO2/c1-18(2)13-20-19(21-14-18)17(15-9-5-3-6-10-15)16-11-7-4-8-12-16/h3-12,17H,13-14H2,1-2H3. The van der Waals surface area contributed by atoms with Gasteiger partial charge < -0.3 is 9.31 Å². The Morgan fingerprint density at radius 1 is 0.810 bits per heavy atom. The molecule has 0 amide bonds. The predicted octanol–water partition coefficient (Wildman–Crippen LogP) is 3.92. The van der Waals surface area contributed by atoms with E-state index in [-0.39, 0.29) is 18.4 Å². The first-order chi connectivity index (χ1) is 10.2. The van der Waals surface area contributed by atoms with E-state index in [0.29, 0.717) is 0 Å². The highest BCUT2D eigenvalue weighted by Crippen LogP contribution is 2.32. The molecule has 2 aromatic rings. The van der Waals surface area contributed by atoms with Crippen molar-refractivity contribution < 1.29 is 9.31 Å². The van der Waals surface area contributed by atoms with Crippen molar-refractivity contribution in [1.82, 2.24) is 0 Å². The van der Waals surface area contributed by atoms with E-state index in [4.69, 9.17) is 9.31 Å². The summed E-state index contributed by atoms with van der Waals surface area (Å²) < 4.78 is 12.1. The normalized spacial score (nSPS) is 18.0. The molecular weight excluding hydrogens is 259 g/mol. The van der Waals surface area contributed by atoms with Crippen LogP contribution in [0, 0.1) is 5.41 Å². The van der Waals surface area contributed by atoms with Crippen LogP contribution in [0.2, 0.25) is 0 Å². The SMILES string of the molecule is CC1(C)COB(C(c2ccccc2)c2ccccc2)OC1. The molecule has 0 aromatic heterocycles. The molecule has 1 heterocycles. The van der Waals surface area contributed by atoms with Crippen molar-refractivity contribution in [2.45, 2.75) is 19.7 Å². The molecule has 1 fully saturated rings. The second-order valence-electron chi connectivity index (χ2n) is 6.45. The third-order valence-electron chi connectivity index (χ3n) is 3.87. The molecule has 2 aromatic carbocycles. The highest BCUT2D eigenvalue weighted by Gasteiger charge is 2.39. The molecule has 2 nitrogen and oxygen atoms in total. The topological polar surface area (TPSA) is 18.5 Å². The number of hydrogen-bond donors (Lipinski definition) is 0. The lowest BCUT2D eigenvalue weighted by Gasteiger charge is -2.36. The quantitative estimate of drug-likeness (QED) is 0.793. The molecule has 0 aliphatic carbocycles. The third kappa shape index (κ3) is 3.37. The van der Waals surface area contributed by atoms with Crippen LogP contribution in [0.1, 0.15) is 30.8 Å². The van der Waals surface area contributed by atoms with Gasteiger partial charge in [0.1, 0.15) is 0 Å². The van der Waals surface area contributed by atoms with Crippen molar-refractivity contribution in [2.75, 3.05) is 13.2 Å². The summed E-state index contributed by atoms with van der Waals surface area (Å²) in [5.41, 5.74) is 2.55. The number of benzene rings is 2. The van der Waals surface area contributed by atoms with E-state index >= 15 is 0 Å². The molecule has 0 bridgehead atoms. The van der Waals surface area contributed by atoms with Gasteiger partial charge in [-0.05, 0) is 11.1 Å². The lowest BCUT2D eigenvalue weighted by atomic mass is 9.63. The Bertz CT molecular complexity index is 519. The molecular formula is C18H21BO2. The predicted molar refractivity (Wildman–Crippen MR) is 86.2 cm³/mol. The fraction of sp³-hybridized carbons (Fsp3) is 0.333. The van der Waals surface area contributed by atoms with E-state index in [0.717, 1.165) is 13.2 Å². The van der Waals surface area contributed by atoms with Gasteiger partial charge >= 0.3 is 7.12 Å². The van der Waals surface area contributed by atoms with E-state index in [9.17, 15) is 0 Å². The second-order valence-corrected chi connectivity index (χ2v) is 6.45. The van der Waals surface area contributed by atoms with E-state index in [1.165, 1.54) is 11.1 Å². The molecule has 1 aliphatic rings. The molecule has 3 rings (SSSR count). The van der Waals surface area contributed by atoms with Gasteiger partial charge in [-0.1, -0.05) is 74.5 Å². The Balaban J connectivity index is 1.91. The fourth-order valence-electron chi connectivity index (χ4n) is 2.73.